The number of amides is 2. The average Bonchev–Trinajstić information content (AvgIpc) is 2.47. The molecule has 1 aliphatic rings. The van der Waals surface area contributed by atoms with E-state index in [1.54, 1.807) is 4.90 Å². The zero-order valence-electron chi connectivity index (χ0n) is 12.5. The van der Waals surface area contributed by atoms with Gasteiger partial charge in [0.25, 0.3) is 0 Å². The summed E-state index contributed by atoms with van der Waals surface area (Å²) in [6.07, 6.45) is 1.99. The highest BCUT2D eigenvalue weighted by Gasteiger charge is 2.32. The van der Waals surface area contributed by atoms with E-state index >= 15 is 0 Å². The summed E-state index contributed by atoms with van der Waals surface area (Å²) in [5.41, 5.74) is 1.99. The van der Waals surface area contributed by atoms with E-state index in [1.165, 1.54) is 5.56 Å². The summed E-state index contributed by atoms with van der Waals surface area (Å²) in [6, 6.07) is 7.56. The fraction of sp³-hybridized carbons (Fsp3) is 0.500. The minimum absolute atomic E-state index is 0.0604. The Kier molecular flexibility index (Phi) is 4.83. The number of aliphatic carboxylic acids is 1. The first-order chi connectivity index (χ1) is 10.0. The van der Waals surface area contributed by atoms with Crippen molar-refractivity contribution in [2.75, 3.05) is 11.9 Å². The number of carboxylic acids is 1. The number of carbonyl (C=O) groups is 2. The van der Waals surface area contributed by atoms with Gasteiger partial charge in [-0.2, -0.15) is 0 Å². The minimum Gasteiger partial charge on any atom is -0.481 e. The molecule has 2 rings (SSSR count). The van der Waals surface area contributed by atoms with Gasteiger partial charge in [0.05, 0.1) is 5.92 Å². The van der Waals surface area contributed by atoms with Crippen LogP contribution in [0.3, 0.4) is 0 Å². The molecule has 1 heterocycles. The molecule has 1 aliphatic heterocycles. The molecule has 5 nitrogen and oxygen atoms in total. The van der Waals surface area contributed by atoms with E-state index in [4.69, 9.17) is 5.11 Å². The van der Waals surface area contributed by atoms with Gasteiger partial charge in [-0.3, -0.25) is 4.79 Å². The predicted octanol–water partition coefficient (Wildman–Crippen LogP) is 2.97. The summed E-state index contributed by atoms with van der Waals surface area (Å²) in [5.74, 6) is -1.11. The Bertz CT molecular complexity index is 513. The molecule has 114 valence electrons. The highest BCUT2D eigenvalue weighted by molar-refractivity contribution is 5.89. The van der Waals surface area contributed by atoms with Crippen LogP contribution in [-0.2, 0) is 11.2 Å². The van der Waals surface area contributed by atoms with E-state index in [2.05, 4.69) is 12.2 Å². The van der Waals surface area contributed by atoms with E-state index in [0.717, 1.165) is 12.1 Å². The fourth-order valence-electron chi connectivity index (χ4n) is 2.72. The van der Waals surface area contributed by atoms with Crippen molar-refractivity contribution in [1.29, 1.82) is 0 Å². The molecular formula is C16H22N2O3. The lowest BCUT2D eigenvalue weighted by atomic mass is 9.92. The predicted molar refractivity (Wildman–Crippen MR) is 81.4 cm³/mol. The molecule has 5 heteroatoms. The molecule has 0 bridgehead atoms. The molecule has 2 N–H and O–H groups in total. The molecule has 2 amide bonds. The van der Waals surface area contributed by atoms with Gasteiger partial charge in [-0.25, -0.2) is 4.79 Å². The third-order valence-corrected chi connectivity index (χ3v) is 4.10. The molecule has 0 radical (unpaired) electrons. The van der Waals surface area contributed by atoms with Gasteiger partial charge in [-0.1, -0.05) is 19.1 Å². The lowest BCUT2D eigenvalue weighted by Crippen LogP contribution is -2.47. The van der Waals surface area contributed by atoms with Crippen LogP contribution in [0.5, 0.6) is 0 Å². The van der Waals surface area contributed by atoms with Crippen molar-refractivity contribution in [2.45, 2.75) is 39.2 Å². The number of carbonyl (C=O) groups excluding carboxylic acids is 1. The standard InChI is InChI=1S/C16H22N2O3/c1-3-12-4-6-14(7-5-12)17-16(21)18-9-8-13(15(19)20)10-11(18)2/h4-7,11,13H,3,8-10H2,1-2H3,(H,17,21)(H,19,20). The number of benzene rings is 1. The van der Waals surface area contributed by atoms with E-state index in [-0.39, 0.29) is 18.0 Å². The maximum absolute atomic E-state index is 12.3. The lowest BCUT2D eigenvalue weighted by molar-refractivity contribution is -0.143. The zero-order chi connectivity index (χ0) is 15.4. The number of aryl methyl sites for hydroxylation is 1. The Balaban J connectivity index is 1.95. The summed E-state index contributed by atoms with van der Waals surface area (Å²) in [6.45, 7) is 4.47. The van der Waals surface area contributed by atoms with Crippen LogP contribution in [0.1, 0.15) is 32.3 Å². The van der Waals surface area contributed by atoms with Crippen LogP contribution >= 0.6 is 0 Å². The van der Waals surface area contributed by atoms with Crippen LogP contribution in [-0.4, -0.2) is 34.6 Å². The van der Waals surface area contributed by atoms with Crippen LogP contribution in [0.25, 0.3) is 0 Å². The van der Waals surface area contributed by atoms with E-state index in [1.807, 2.05) is 31.2 Å². The topological polar surface area (TPSA) is 69.6 Å². The summed E-state index contributed by atoms with van der Waals surface area (Å²) in [7, 11) is 0. The normalized spacial score (nSPS) is 21.9. The number of nitrogens with zero attached hydrogens (tertiary/aromatic N) is 1. The van der Waals surface area contributed by atoms with E-state index in [9.17, 15) is 9.59 Å². The van der Waals surface area contributed by atoms with Crippen molar-refractivity contribution in [3.63, 3.8) is 0 Å². The number of hydrogen-bond acceptors (Lipinski definition) is 2. The molecule has 2 atom stereocenters. The molecule has 1 saturated heterocycles. The van der Waals surface area contributed by atoms with E-state index < -0.39 is 5.97 Å². The van der Waals surface area contributed by atoms with Crippen molar-refractivity contribution in [3.8, 4) is 0 Å². The van der Waals surface area contributed by atoms with Gasteiger partial charge in [0.15, 0.2) is 0 Å². The zero-order valence-corrected chi connectivity index (χ0v) is 12.5. The van der Waals surface area contributed by atoms with Crippen molar-refractivity contribution in [2.24, 2.45) is 5.92 Å². The smallest absolute Gasteiger partial charge is 0.322 e. The number of likely N-dealkylation sites (tertiary alicyclic amines) is 1. The van der Waals surface area contributed by atoms with Gasteiger partial charge in [-0.05, 0) is 43.9 Å². The number of nitrogens with one attached hydrogen (secondary N) is 1. The molecule has 0 spiro atoms. The molecular weight excluding hydrogens is 268 g/mol. The second-order valence-corrected chi connectivity index (χ2v) is 5.58. The van der Waals surface area contributed by atoms with Gasteiger partial charge >= 0.3 is 12.0 Å². The van der Waals surface area contributed by atoms with Crippen LogP contribution < -0.4 is 5.32 Å². The maximum atomic E-state index is 12.3. The number of urea groups is 1. The monoisotopic (exact) mass is 290 g/mol. The molecule has 0 aromatic heterocycles. The number of anilines is 1. The SMILES string of the molecule is CCc1ccc(NC(=O)N2CCC(C(=O)O)CC2C)cc1. The second kappa shape index (κ2) is 6.61. The largest absolute Gasteiger partial charge is 0.481 e. The van der Waals surface area contributed by atoms with Gasteiger partial charge in [0.2, 0.25) is 0 Å². The highest BCUT2D eigenvalue weighted by atomic mass is 16.4. The van der Waals surface area contributed by atoms with Crippen LogP contribution in [0.2, 0.25) is 0 Å². The van der Waals surface area contributed by atoms with Crippen molar-refractivity contribution < 1.29 is 14.7 Å². The number of carboxylic acid groups (broad SMARTS) is 1. The Labute approximate surface area is 125 Å². The minimum atomic E-state index is -0.767. The molecule has 0 saturated carbocycles. The summed E-state index contributed by atoms with van der Waals surface area (Å²) >= 11 is 0. The van der Waals surface area contributed by atoms with Crippen LogP contribution in [0.15, 0.2) is 24.3 Å². The third kappa shape index (κ3) is 3.74. The van der Waals surface area contributed by atoms with Crippen LogP contribution in [0, 0.1) is 5.92 Å². The van der Waals surface area contributed by atoms with Crippen molar-refractivity contribution in [1.82, 2.24) is 4.90 Å². The van der Waals surface area contributed by atoms with Crippen molar-refractivity contribution in [3.05, 3.63) is 29.8 Å². The van der Waals surface area contributed by atoms with E-state index in [0.29, 0.717) is 19.4 Å². The summed E-state index contributed by atoms with van der Waals surface area (Å²) in [4.78, 5) is 25.0. The van der Waals surface area contributed by atoms with Crippen molar-refractivity contribution >= 4 is 17.7 Å². The molecule has 1 aromatic rings. The fourth-order valence-corrected chi connectivity index (χ4v) is 2.72. The number of piperidine rings is 1. The third-order valence-electron chi connectivity index (χ3n) is 4.10. The number of hydrogen-bond donors (Lipinski definition) is 2. The van der Waals surface area contributed by atoms with Gasteiger partial charge in [0, 0.05) is 18.3 Å². The van der Waals surface area contributed by atoms with Gasteiger partial charge < -0.3 is 15.3 Å². The lowest BCUT2D eigenvalue weighted by Gasteiger charge is -2.36. The second-order valence-electron chi connectivity index (χ2n) is 5.58. The Morgan fingerprint density at radius 2 is 2.00 bits per heavy atom. The summed E-state index contributed by atoms with van der Waals surface area (Å²) in [5, 5.41) is 11.9. The van der Waals surface area contributed by atoms with Gasteiger partial charge in [0.1, 0.15) is 0 Å². The number of rotatable bonds is 3. The Morgan fingerprint density at radius 3 is 2.52 bits per heavy atom. The van der Waals surface area contributed by atoms with Gasteiger partial charge in [-0.15, -0.1) is 0 Å². The molecule has 21 heavy (non-hydrogen) atoms. The maximum Gasteiger partial charge on any atom is 0.322 e. The first-order valence-corrected chi connectivity index (χ1v) is 7.40. The van der Waals surface area contributed by atoms with Crippen LogP contribution in [0.4, 0.5) is 10.5 Å². The Morgan fingerprint density at radius 1 is 1.33 bits per heavy atom. The molecule has 1 aromatic carbocycles. The Hall–Kier alpha value is -2.04. The highest BCUT2D eigenvalue weighted by Crippen LogP contribution is 2.23. The first-order valence-electron chi connectivity index (χ1n) is 7.40. The quantitative estimate of drug-likeness (QED) is 0.899. The molecule has 2 unspecified atom stereocenters. The first kappa shape index (κ1) is 15.4. The molecule has 0 aliphatic carbocycles. The summed E-state index contributed by atoms with van der Waals surface area (Å²) < 4.78 is 0. The molecule has 1 fully saturated rings. The average molecular weight is 290 g/mol.